The molecule has 4 rings (SSSR count). The number of hydrogen-bond donors (Lipinski definition) is 2. The van der Waals surface area contributed by atoms with Crippen LogP contribution in [0.1, 0.15) is 30.3 Å². The monoisotopic (exact) mass is 392 g/mol. The average Bonchev–Trinajstić information content (AvgIpc) is 3.27. The zero-order valence-corrected chi connectivity index (χ0v) is 15.0. The van der Waals surface area contributed by atoms with Gasteiger partial charge in [-0.2, -0.15) is 13.2 Å². The molecule has 0 saturated carbocycles. The van der Waals surface area contributed by atoms with Crippen LogP contribution >= 0.6 is 0 Å². The van der Waals surface area contributed by atoms with Crippen LogP contribution in [0.3, 0.4) is 0 Å². The van der Waals surface area contributed by atoms with E-state index < -0.39 is 12.1 Å². The first kappa shape index (κ1) is 18.5. The van der Waals surface area contributed by atoms with E-state index in [0.29, 0.717) is 18.1 Å². The van der Waals surface area contributed by atoms with Crippen LogP contribution in [-0.4, -0.2) is 36.8 Å². The molecule has 0 unspecified atom stereocenters. The largest absolute Gasteiger partial charge is 0.392 e. The maximum atomic E-state index is 12.9. The molecule has 1 aliphatic heterocycles. The molecule has 0 radical (unpaired) electrons. The number of aromatic amines is 1. The summed E-state index contributed by atoms with van der Waals surface area (Å²) >= 11 is 0. The third kappa shape index (κ3) is 3.85. The van der Waals surface area contributed by atoms with Gasteiger partial charge in [0.25, 0.3) is 0 Å². The molecule has 2 aromatic heterocycles. The molecule has 28 heavy (non-hydrogen) atoms. The van der Waals surface area contributed by atoms with Gasteiger partial charge in [-0.05, 0) is 18.6 Å². The van der Waals surface area contributed by atoms with E-state index in [1.165, 1.54) is 0 Å². The zero-order chi connectivity index (χ0) is 19.7. The van der Waals surface area contributed by atoms with Gasteiger partial charge < -0.3 is 14.9 Å². The molecule has 148 valence electrons. The number of H-pyrrole nitrogens is 1. The van der Waals surface area contributed by atoms with E-state index in [-0.39, 0.29) is 38.3 Å². The fourth-order valence-corrected chi connectivity index (χ4v) is 3.42. The van der Waals surface area contributed by atoms with Crippen molar-refractivity contribution in [1.82, 2.24) is 30.0 Å². The lowest BCUT2D eigenvalue weighted by Gasteiger charge is -2.25. The molecule has 2 N–H and O–H groups in total. The van der Waals surface area contributed by atoms with Gasteiger partial charge in [0.1, 0.15) is 11.6 Å². The summed E-state index contributed by atoms with van der Waals surface area (Å²) < 4.78 is 40.3. The molecule has 3 heterocycles. The fraction of sp³-hybridized carbons (Fsp3) is 0.444. The minimum absolute atomic E-state index is 0.00153. The van der Waals surface area contributed by atoms with E-state index in [2.05, 4.69) is 25.5 Å². The lowest BCUT2D eigenvalue weighted by molar-refractivity contribution is -0.179. The molecular weight excluding hydrogens is 373 g/mol. The van der Waals surface area contributed by atoms with Crippen molar-refractivity contribution in [2.24, 2.45) is 5.92 Å². The van der Waals surface area contributed by atoms with Gasteiger partial charge in [-0.15, -0.1) is 10.2 Å². The Morgan fingerprint density at radius 2 is 2.11 bits per heavy atom. The number of nitrogens with zero attached hydrogens (tertiary/aromatic N) is 4. The molecular formula is C18H19F3N6O. The fourth-order valence-electron chi connectivity index (χ4n) is 3.42. The molecule has 7 nitrogen and oxygen atoms in total. The van der Waals surface area contributed by atoms with Crippen molar-refractivity contribution < 1.29 is 18.0 Å². The highest BCUT2D eigenvalue weighted by molar-refractivity contribution is 5.77. The number of carbonyl (C=O) groups excluding carboxylic acids is 1. The van der Waals surface area contributed by atoms with Gasteiger partial charge in [-0.3, -0.25) is 4.79 Å². The second-order valence-corrected chi connectivity index (χ2v) is 6.89. The summed E-state index contributed by atoms with van der Waals surface area (Å²) in [5.74, 6) is -0.0283. The minimum Gasteiger partial charge on any atom is -0.349 e. The maximum absolute atomic E-state index is 12.9. The molecule has 3 aromatic rings. The van der Waals surface area contributed by atoms with Gasteiger partial charge in [0.05, 0.1) is 23.5 Å². The van der Waals surface area contributed by atoms with Crippen molar-refractivity contribution in [2.75, 3.05) is 0 Å². The summed E-state index contributed by atoms with van der Waals surface area (Å²) in [4.78, 5) is 19.7. The van der Waals surface area contributed by atoms with Gasteiger partial charge in [0.15, 0.2) is 5.82 Å². The first-order chi connectivity index (χ1) is 13.4. The topological polar surface area (TPSA) is 88.5 Å². The van der Waals surface area contributed by atoms with Gasteiger partial charge >= 0.3 is 6.18 Å². The Hall–Kier alpha value is -2.91. The number of fused-ring (bicyclic) bond motifs is 2. The molecule has 10 heteroatoms. The van der Waals surface area contributed by atoms with Crippen LogP contribution in [-0.2, 0) is 30.7 Å². The Kier molecular flexibility index (Phi) is 4.78. The average molecular weight is 392 g/mol. The maximum Gasteiger partial charge on any atom is 0.392 e. The van der Waals surface area contributed by atoms with Crippen LogP contribution in [0.15, 0.2) is 24.3 Å². The molecule has 0 fully saturated rings. The summed E-state index contributed by atoms with van der Waals surface area (Å²) in [6, 6.07) is 7.62. The van der Waals surface area contributed by atoms with Crippen LogP contribution in [0.4, 0.5) is 13.2 Å². The zero-order valence-electron chi connectivity index (χ0n) is 15.0. The standard InChI is InChI=1S/C18H19F3N6O/c19-18(20,21)11-7-8-27-15(9-11)25-26-16(27)10-22-17(28)6-5-14-23-12-3-1-2-4-13(12)24-14/h1-4,11H,5-10H2,(H,22,28)(H,23,24)/t11-/m1/s1. The lowest BCUT2D eigenvalue weighted by atomic mass is 9.97. The smallest absolute Gasteiger partial charge is 0.349 e. The quantitative estimate of drug-likeness (QED) is 0.698. The molecule has 0 aliphatic carbocycles. The van der Waals surface area contributed by atoms with Gasteiger partial charge in [-0.25, -0.2) is 4.98 Å². The number of alkyl halides is 3. The first-order valence-electron chi connectivity index (χ1n) is 9.08. The number of amides is 1. The molecule has 1 atom stereocenters. The van der Waals surface area contributed by atoms with Crippen molar-refractivity contribution in [2.45, 2.75) is 44.9 Å². The van der Waals surface area contributed by atoms with Crippen molar-refractivity contribution in [3.05, 3.63) is 41.7 Å². The summed E-state index contributed by atoms with van der Waals surface area (Å²) in [6.45, 7) is 0.347. The van der Waals surface area contributed by atoms with Crippen molar-refractivity contribution in [3.8, 4) is 0 Å². The third-order valence-corrected chi connectivity index (χ3v) is 4.97. The molecule has 1 amide bonds. The highest BCUT2D eigenvalue weighted by Crippen LogP contribution is 2.34. The third-order valence-electron chi connectivity index (χ3n) is 4.97. The normalized spacial score (nSPS) is 16.9. The van der Waals surface area contributed by atoms with Crippen molar-refractivity contribution in [1.29, 1.82) is 0 Å². The molecule has 1 aromatic carbocycles. The minimum atomic E-state index is -4.22. The van der Waals surface area contributed by atoms with Gasteiger partial charge in [0.2, 0.25) is 5.91 Å². The number of aromatic nitrogens is 5. The Morgan fingerprint density at radius 1 is 1.29 bits per heavy atom. The van der Waals surface area contributed by atoms with Crippen LogP contribution in [0, 0.1) is 5.92 Å². The summed E-state index contributed by atoms with van der Waals surface area (Å²) in [5, 5.41) is 10.6. The lowest BCUT2D eigenvalue weighted by Crippen LogP contribution is -2.32. The van der Waals surface area contributed by atoms with E-state index in [0.717, 1.165) is 16.9 Å². The summed E-state index contributed by atoms with van der Waals surface area (Å²) in [5.41, 5.74) is 1.77. The number of para-hydroxylation sites is 2. The van der Waals surface area contributed by atoms with E-state index in [4.69, 9.17) is 0 Å². The highest BCUT2D eigenvalue weighted by atomic mass is 19.4. The number of halogens is 3. The van der Waals surface area contributed by atoms with Crippen LogP contribution in [0.2, 0.25) is 0 Å². The Labute approximate surface area is 158 Å². The number of nitrogens with one attached hydrogen (secondary N) is 2. The number of benzene rings is 1. The van der Waals surface area contributed by atoms with E-state index in [1.54, 1.807) is 4.57 Å². The molecule has 0 spiro atoms. The summed E-state index contributed by atoms with van der Waals surface area (Å²) in [6.07, 6.45) is -3.68. The number of carbonyl (C=O) groups is 1. The Morgan fingerprint density at radius 3 is 2.89 bits per heavy atom. The highest BCUT2D eigenvalue weighted by Gasteiger charge is 2.42. The first-order valence-corrected chi connectivity index (χ1v) is 9.08. The van der Waals surface area contributed by atoms with Crippen LogP contribution in [0.5, 0.6) is 0 Å². The number of rotatable bonds is 5. The van der Waals surface area contributed by atoms with Crippen molar-refractivity contribution >= 4 is 16.9 Å². The van der Waals surface area contributed by atoms with Gasteiger partial charge in [0, 0.05) is 25.8 Å². The second-order valence-electron chi connectivity index (χ2n) is 6.89. The number of hydrogen-bond acceptors (Lipinski definition) is 4. The predicted molar refractivity (Wildman–Crippen MR) is 94.1 cm³/mol. The molecule has 0 bridgehead atoms. The van der Waals surface area contributed by atoms with Crippen LogP contribution in [0.25, 0.3) is 11.0 Å². The Balaban J connectivity index is 1.30. The molecule has 1 aliphatic rings. The van der Waals surface area contributed by atoms with E-state index >= 15 is 0 Å². The van der Waals surface area contributed by atoms with Gasteiger partial charge in [-0.1, -0.05) is 12.1 Å². The number of aryl methyl sites for hydroxylation is 1. The number of imidazole rings is 1. The van der Waals surface area contributed by atoms with E-state index in [1.807, 2.05) is 24.3 Å². The molecule has 0 saturated heterocycles. The van der Waals surface area contributed by atoms with Crippen molar-refractivity contribution in [3.63, 3.8) is 0 Å². The van der Waals surface area contributed by atoms with E-state index in [9.17, 15) is 18.0 Å². The predicted octanol–water partition coefficient (Wildman–Crippen LogP) is 2.53. The SMILES string of the molecule is O=C(CCc1nc2ccccc2[nH]1)NCc1nnc2n1CC[C@@H](C(F)(F)F)C2. The Bertz CT molecular complexity index is 960. The van der Waals surface area contributed by atoms with Crippen LogP contribution < -0.4 is 5.32 Å². The second kappa shape index (κ2) is 7.25. The summed E-state index contributed by atoms with van der Waals surface area (Å²) in [7, 11) is 0.